The lowest BCUT2D eigenvalue weighted by atomic mass is 10.1. The molecule has 0 saturated carbocycles. The molecule has 0 aliphatic heterocycles. The van der Waals surface area contributed by atoms with Crippen molar-refractivity contribution in [2.45, 2.75) is 19.0 Å². The van der Waals surface area contributed by atoms with E-state index in [4.69, 9.17) is 4.74 Å². The molecule has 2 rings (SSSR count). The zero-order chi connectivity index (χ0) is 18.0. The number of halogens is 6. The number of benzene rings is 1. The predicted molar refractivity (Wildman–Crippen MR) is 74.6 cm³/mol. The van der Waals surface area contributed by atoms with E-state index in [1.54, 1.807) is 0 Å². The van der Waals surface area contributed by atoms with Crippen molar-refractivity contribution < 1.29 is 31.1 Å². The summed E-state index contributed by atoms with van der Waals surface area (Å²) in [6.07, 6.45) is -9.29. The highest BCUT2D eigenvalue weighted by atomic mass is 19.4. The van der Waals surface area contributed by atoms with Crippen LogP contribution < -0.4 is 10.1 Å². The van der Waals surface area contributed by atoms with Crippen molar-refractivity contribution >= 4 is 5.69 Å². The molecule has 24 heavy (non-hydrogen) atoms. The molecule has 1 aromatic carbocycles. The molecule has 1 aromatic heterocycles. The van der Waals surface area contributed by atoms with Crippen molar-refractivity contribution in [1.29, 1.82) is 0 Å². The lowest BCUT2D eigenvalue weighted by molar-refractivity contribution is -0.141. The Bertz CT molecular complexity index is 712. The monoisotopic (exact) mass is 350 g/mol. The Labute approximate surface area is 133 Å². The summed E-state index contributed by atoms with van der Waals surface area (Å²) >= 11 is 0. The molecule has 0 fully saturated rings. The number of hydrogen-bond acceptors (Lipinski definition) is 3. The number of aromatic nitrogens is 1. The Morgan fingerprint density at radius 1 is 0.958 bits per heavy atom. The van der Waals surface area contributed by atoms with E-state index in [0.29, 0.717) is 0 Å². The summed E-state index contributed by atoms with van der Waals surface area (Å²) in [5.74, 6) is -0.413. The molecule has 1 heterocycles. The van der Waals surface area contributed by atoms with Crippen LogP contribution >= 0.6 is 0 Å². The Hall–Kier alpha value is -2.45. The van der Waals surface area contributed by atoms with Crippen molar-refractivity contribution in [3.8, 4) is 5.88 Å². The summed E-state index contributed by atoms with van der Waals surface area (Å²) in [4.78, 5) is 3.26. The van der Waals surface area contributed by atoms with Crippen LogP contribution in [0.3, 0.4) is 0 Å². The number of pyridine rings is 1. The maximum atomic E-state index is 13.1. The molecule has 9 heteroatoms. The van der Waals surface area contributed by atoms with Crippen molar-refractivity contribution in [3.63, 3.8) is 0 Å². The van der Waals surface area contributed by atoms with Crippen molar-refractivity contribution in [2.75, 3.05) is 12.4 Å². The number of nitrogens with zero attached hydrogens (tertiary/aromatic N) is 1. The lowest BCUT2D eigenvalue weighted by Crippen LogP contribution is -2.14. The Morgan fingerprint density at radius 3 is 2.21 bits per heavy atom. The molecule has 2 aromatic rings. The number of anilines is 1. The molecular weight excluding hydrogens is 338 g/mol. The summed E-state index contributed by atoms with van der Waals surface area (Å²) in [6, 6.07) is 6.47. The molecule has 0 bridgehead atoms. The van der Waals surface area contributed by atoms with E-state index in [0.717, 1.165) is 24.3 Å². The van der Waals surface area contributed by atoms with E-state index in [2.05, 4.69) is 10.3 Å². The first-order valence-electron chi connectivity index (χ1n) is 6.67. The van der Waals surface area contributed by atoms with Crippen LogP contribution in [0.2, 0.25) is 0 Å². The quantitative estimate of drug-likeness (QED) is 0.809. The van der Waals surface area contributed by atoms with Gasteiger partial charge in [-0.2, -0.15) is 26.3 Å². The number of nitrogens with one attached hydrogen (secondary N) is 1. The number of hydrogen-bond donors (Lipinski definition) is 1. The van der Waals surface area contributed by atoms with Gasteiger partial charge in [0.2, 0.25) is 5.88 Å². The molecule has 0 radical (unpaired) electrons. The van der Waals surface area contributed by atoms with E-state index in [1.807, 2.05) is 0 Å². The molecule has 0 amide bonds. The second-order valence-electron chi connectivity index (χ2n) is 4.73. The Morgan fingerprint density at radius 2 is 1.62 bits per heavy atom. The van der Waals surface area contributed by atoms with Crippen LogP contribution in [0, 0.1) is 0 Å². The fraction of sp³-hybridized carbons (Fsp3) is 0.267. The third-order valence-electron chi connectivity index (χ3n) is 3.13. The van der Waals surface area contributed by atoms with Gasteiger partial charge < -0.3 is 10.1 Å². The van der Waals surface area contributed by atoms with Gasteiger partial charge in [0.15, 0.2) is 0 Å². The Kier molecular flexibility index (Phi) is 4.91. The number of ether oxygens (including phenoxy) is 1. The minimum atomic E-state index is -4.67. The average Bonchev–Trinajstić information content (AvgIpc) is 2.51. The average molecular weight is 350 g/mol. The molecule has 0 aliphatic rings. The van der Waals surface area contributed by atoms with E-state index in [-0.39, 0.29) is 11.3 Å². The van der Waals surface area contributed by atoms with Gasteiger partial charge in [-0.25, -0.2) is 4.98 Å². The molecule has 1 N–H and O–H groups in total. The highest BCUT2D eigenvalue weighted by Gasteiger charge is 2.35. The van der Waals surface area contributed by atoms with Gasteiger partial charge in [-0.3, -0.25) is 0 Å². The van der Waals surface area contributed by atoms with E-state index in [1.165, 1.54) is 19.2 Å². The van der Waals surface area contributed by atoms with Crippen LogP contribution in [-0.2, 0) is 19.0 Å². The first-order chi connectivity index (χ1) is 11.1. The van der Waals surface area contributed by atoms with E-state index >= 15 is 0 Å². The maximum absolute atomic E-state index is 13.1. The summed E-state index contributed by atoms with van der Waals surface area (Å²) in [6.45, 7) is -0.583. The fourth-order valence-electron chi connectivity index (χ4n) is 2.04. The van der Waals surface area contributed by atoms with Gasteiger partial charge >= 0.3 is 12.4 Å². The molecule has 3 nitrogen and oxygen atoms in total. The minimum Gasteiger partial charge on any atom is -0.473 e. The third kappa shape index (κ3) is 4.09. The molecule has 130 valence electrons. The summed E-state index contributed by atoms with van der Waals surface area (Å²) in [5, 5.41) is 2.60. The largest absolute Gasteiger partial charge is 0.473 e. The summed E-state index contributed by atoms with van der Waals surface area (Å²) in [5.41, 5.74) is -2.16. The summed E-state index contributed by atoms with van der Waals surface area (Å²) < 4.78 is 82.0. The lowest BCUT2D eigenvalue weighted by Gasteiger charge is -2.17. The van der Waals surface area contributed by atoms with Crippen LogP contribution in [0.5, 0.6) is 5.88 Å². The molecule has 0 unspecified atom stereocenters. The first-order valence-corrected chi connectivity index (χ1v) is 6.67. The molecule has 0 spiro atoms. The molecule has 0 atom stereocenters. The smallest absolute Gasteiger partial charge is 0.433 e. The standard InChI is InChI=1S/C15H12F6N2O/c1-22-11-5-2-4-10(14(16,17)18)9(11)8-24-13-7-3-6-12(23-13)15(19,20)21/h2-7,22H,8H2,1H3. The highest BCUT2D eigenvalue weighted by molar-refractivity contribution is 5.55. The zero-order valence-corrected chi connectivity index (χ0v) is 12.3. The van der Waals surface area contributed by atoms with E-state index in [9.17, 15) is 26.3 Å². The molecule has 0 aliphatic carbocycles. The van der Waals surface area contributed by atoms with Crippen LogP contribution in [-0.4, -0.2) is 12.0 Å². The van der Waals surface area contributed by atoms with Gasteiger partial charge in [0.05, 0.1) is 5.56 Å². The van der Waals surface area contributed by atoms with Gasteiger partial charge in [-0.1, -0.05) is 12.1 Å². The van der Waals surface area contributed by atoms with Crippen molar-refractivity contribution in [3.05, 3.63) is 53.2 Å². The highest BCUT2D eigenvalue weighted by Crippen LogP contribution is 2.35. The second kappa shape index (κ2) is 6.58. The Balaban J connectivity index is 2.30. The second-order valence-corrected chi connectivity index (χ2v) is 4.73. The van der Waals surface area contributed by atoms with Crippen LogP contribution in [0.1, 0.15) is 16.8 Å². The van der Waals surface area contributed by atoms with Crippen LogP contribution in [0.15, 0.2) is 36.4 Å². The topological polar surface area (TPSA) is 34.1 Å². The van der Waals surface area contributed by atoms with Gasteiger partial charge in [0, 0.05) is 24.4 Å². The van der Waals surface area contributed by atoms with E-state index < -0.39 is 36.1 Å². The van der Waals surface area contributed by atoms with Crippen LogP contribution in [0.4, 0.5) is 32.0 Å². The summed E-state index contributed by atoms with van der Waals surface area (Å²) in [7, 11) is 1.43. The van der Waals surface area contributed by atoms with Crippen molar-refractivity contribution in [1.82, 2.24) is 4.98 Å². The predicted octanol–water partition coefficient (Wildman–Crippen LogP) is 4.74. The number of alkyl halides is 6. The van der Waals surface area contributed by atoms with Crippen molar-refractivity contribution in [2.24, 2.45) is 0 Å². The normalized spacial score (nSPS) is 12.1. The van der Waals surface area contributed by atoms with Gasteiger partial charge in [-0.05, 0) is 18.2 Å². The molecular formula is C15H12F6N2O. The first kappa shape index (κ1) is 17.9. The van der Waals surface area contributed by atoms with Gasteiger partial charge in [0.1, 0.15) is 12.3 Å². The van der Waals surface area contributed by atoms with Crippen LogP contribution in [0.25, 0.3) is 0 Å². The zero-order valence-electron chi connectivity index (χ0n) is 12.3. The fourth-order valence-corrected chi connectivity index (χ4v) is 2.04. The third-order valence-corrected chi connectivity index (χ3v) is 3.13. The minimum absolute atomic E-state index is 0.164. The van der Waals surface area contributed by atoms with Gasteiger partial charge in [0.25, 0.3) is 0 Å². The van der Waals surface area contributed by atoms with Gasteiger partial charge in [-0.15, -0.1) is 0 Å². The number of rotatable bonds is 4. The SMILES string of the molecule is CNc1cccc(C(F)(F)F)c1COc1cccc(C(F)(F)F)n1. The molecule has 0 saturated heterocycles. The maximum Gasteiger partial charge on any atom is 0.433 e.